The summed E-state index contributed by atoms with van der Waals surface area (Å²) < 4.78 is 7.55. The SMILES string of the molecule is CN(C)C(Oc1c(Cl)cccc1Cl)=[N+](C)C. The van der Waals surface area contributed by atoms with Crippen molar-refractivity contribution in [3.63, 3.8) is 0 Å². The second-order valence-electron chi connectivity index (χ2n) is 3.72. The van der Waals surface area contributed by atoms with Crippen molar-refractivity contribution < 1.29 is 9.31 Å². The lowest BCUT2D eigenvalue weighted by molar-refractivity contribution is -0.478. The number of para-hydroxylation sites is 1. The molecule has 0 spiro atoms. The largest absolute Gasteiger partial charge is 0.450 e. The molecular weight excluding hydrogens is 247 g/mol. The van der Waals surface area contributed by atoms with E-state index in [0.29, 0.717) is 21.8 Å². The number of hydrogen-bond acceptors (Lipinski definition) is 1. The number of ether oxygens (including phenoxy) is 1. The highest BCUT2D eigenvalue weighted by Crippen LogP contribution is 2.32. The minimum atomic E-state index is 0.475. The Bertz CT molecular complexity index is 392. The summed E-state index contributed by atoms with van der Waals surface area (Å²) in [7, 11) is 7.56. The summed E-state index contributed by atoms with van der Waals surface area (Å²) >= 11 is 12.0. The third-order valence-electron chi connectivity index (χ3n) is 1.88. The van der Waals surface area contributed by atoms with Crippen LogP contribution >= 0.6 is 23.2 Å². The van der Waals surface area contributed by atoms with Crippen LogP contribution < -0.4 is 4.74 Å². The van der Waals surface area contributed by atoms with E-state index in [-0.39, 0.29) is 0 Å². The van der Waals surface area contributed by atoms with Crippen molar-refractivity contribution in [3.8, 4) is 5.75 Å². The van der Waals surface area contributed by atoms with Gasteiger partial charge in [0, 0.05) is 0 Å². The van der Waals surface area contributed by atoms with E-state index in [9.17, 15) is 0 Å². The standard InChI is InChI=1S/C11H15Cl2N2O/c1-14(2)11(15(3)4)16-10-8(12)6-5-7-9(10)13/h5-7H,1-4H3/q+1. The summed E-state index contributed by atoms with van der Waals surface area (Å²) in [5.41, 5.74) is 0. The van der Waals surface area contributed by atoms with E-state index in [2.05, 4.69) is 0 Å². The second kappa shape index (κ2) is 5.41. The molecular formula is C11H15Cl2N2O+. The van der Waals surface area contributed by atoms with E-state index < -0.39 is 0 Å². The van der Waals surface area contributed by atoms with Crippen LogP contribution in [0.4, 0.5) is 0 Å². The molecule has 0 saturated heterocycles. The first kappa shape index (κ1) is 13.1. The van der Waals surface area contributed by atoms with Gasteiger partial charge in [-0.3, -0.25) is 0 Å². The lowest BCUT2D eigenvalue weighted by Crippen LogP contribution is -2.34. The zero-order valence-electron chi connectivity index (χ0n) is 9.79. The molecule has 0 aliphatic heterocycles. The Kier molecular flexibility index (Phi) is 4.44. The van der Waals surface area contributed by atoms with Gasteiger partial charge in [0.2, 0.25) is 0 Å². The number of nitrogens with zero attached hydrogens (tertiary/aromatic N) is 2. The van der Waals surface area contributed by atoms with Crippen LogP contribution in [-0.4, -0.2) is 43.7 Å². The molecule has 0 heterocycles. The van der Waals surface area contributed by atoms with Gasteiger partial charge in [0.1, 0.15) is 0 Å². The molecule has 16 heavy (non-hydrogen) atoms. The van der Waals surface area contributed by atoms with Gasteiger partial charge in [0.25, 0.3) is 0 Å². The van der Waals surface area contributed by atoms with Gasteiger partial charge in [-0.1, -0.05) is 29.3 Å². The van der Waals surface area contributed by atoms with Crippen LogP contribution in [0.5, 0.6) is 5.75 Å². The maximum atomic E-state index is 6.02. The fourth-order valence-electron chi connectivity index (χ4n) is 1.25. The maximum absolute atomic E-state index is 6.02. The van der Waals surface area contributed by atoms with Gasteiger partial charge in [0.15, 0.2) is 5.75 Å². The van der Waals surface area contributed by atoms with E-state index >= 15 is 0 Å². The van der Waals surface area contributed by atoms with Gasteiger partial charge in [-0.2, -0.15) is 0 Å². The normalized spacial score (nSPS) is 9.88. The van der Waals surface area contributed by atoms with Crippen molar-refractivity contribution >= 4 is 29.2 Å². The summed E-state index contributed by atoms with van der Waals surface area (Å²) in [5.74, 6) is 0.475. The van der Waals surface area contributed by atoms with Crippen molar-refractivity contribution in [1.82, 2.24) is 4.90 Å². The van der Waals surface area contributed by atoms with Gasteiger partial charge in [0.05, 0.1) is 38.2 Å². The predicted octanol–water partition coefficient (Wildman–Crippen LogP) is 2.56. The van der Waals surface area contributed by atoms with Crippen molar-refractivity contribution in [1.29, 1.82) is 0 Å². The molecule has 0 aliphatic rings. The van der Waals surface area contributed by atoms with Crippen LogP contribution in [-0.2, 0) is 0 Å². The zero-order valence-corrected chi connectivity index (χ0v) is 11.3. The van der Waals surface area contributed by atoms with Crippen molar-refractivity contribution in [2.75, 3.05) is 28.2 Å². The Labute approximate surface area is 106 Å². The molecule has 1 aromatic carbocycles. The van der Waals surface area contributed by atoms with Gasteiger partial charge < -0.3 is 4.74 Å². The quantitative estimate of drug-likeness (QED) is 0.439. The van der Waals surface area contributed by atoms with Crippen LogP contribution in [0.3, 0.4) is 0 Å². The first-order valence-corrected chi connectivity index (χ1v) is 5.52. The molecule has 0 aliphatic carbocycles. The Morgan fingerprint density at radius 3 is 2.06 bits per heavy atom. The molecule has 88 valence electrons. The van der Waals surface area contributed by atoms with Crippen molar-refractivity contribution in [2.45, 2.75) is 0 Å². The van der Waals surface area contributed by atoms with Crippen LogP contribution in [0, 0.1) is 0 Å². The number of amidine groups is 1. The third kappa shape index (κ3) is 3.03. The van der Waals surface area contributed by atoms with Crippen LogP contribution in [0.15, 0.2) is 18.2 Å². The fraction of sp³-hybridized carbons (Fsp3) is 0.364. The third-order valence-corrected chi connectivity index (χ3v) is 2.47. The second-order valence-corrected chi connectivity index (χ2v) is 4.54. The Morgan fingerprint density at radius 2 is 1.69 bits per heavy atom. The summed E-state index contributed by atoms with van der Waals surface area (Å²) in [5, 5.41) is 0.988. The number of rotatable bonds is 1. The first-order valence-electron chi connectivity index (χ1n) is 4.77. The highest BCUT2D eigenvalue weighted by atomic mass is 35.5. The van der Waals surface area contributed by atoms with Gasteiger partial charge in [-0.15, -0.1) is 0 Å². The topological polar surface area (TPSA) is 15.5 Å². The van der Waals surface area contributed by atoms with Gasteiger partial charge in [-0.25, -0.2) is 9.48 Å². The first-order chi connectivity index (χ1) is 7.43. The molecule has 1 rings (SSSR count). The summed E-state index contributed by atoms with van der Waals surface area (Å²) in [6.45, 7) is 0. The van der Waals surface area contributed by atoms with E-state index in [1.165, 1.54) is 0 Å². The van der Waals surface area contributed by atoms with Gasteiger partial charge >= 0.3 is 6.02 Å². The molecule has 0 N–H and O–H groups in total. The maximum Gasteiger partial charge on any atom is 0.450 e. The smallest absolute Gasteiger partial charge is 0.389 e. The molecule has 3 nitrogen and oxygen atoms in total. The molecule has 0 amide bonds. The highest BCUT2D eigenvalue weighted by molar-refractivity contribution is 6.37. The van der Waals surface area contributed by atoms with Crippen LogP contribution in [0.2, 0.25) is 10.0 Å². The molecule has 0 atom stereocenters. The average Bonchev–Trinajstić information content (AvgIpc) is 2.15. The molecule has 0 radical (unpaired) electrons. The molecule has 1 aromatic rings. The number of halogens is 2. The Balaban J connectivity index is 3.09. The van der Waals surface area contributed by atoms with E-state index in [1.54, 1.807) is 18.2 Å². The predicted molar refractivity (Wildman–Crippen MR) is 67.9 cm³/mol. The number of benzene rings is 1. The van der Waals surface area contributed by atoms with E-state index in [4.69, 9.17) is 27.9 Å². The lowest BCUT2D eigenvalue weighted by atomic mass is 10.3. The molecule has 0 aromatic heterocycles. The number of hydrogen-bond donors (Lipinski definition) is 0. The summed E-state index contributed by atoms with van der Waals surface area (Å²) in [6.07, 6.45) is 0. The van der Waals surface area contributed by atoms with Crippen molar-refractivity contribution in [3.05, 3.63) is 28.2 Å². The molecule has 0 unspecified atom stereocenters. The Hall–Kier alpha value is -0.930. The fourth-order valence-corrected chi connectivity index (χ4v) is 1.73. The molecule has 5 heteroatoms. The van der Waals surface area contributed by atoms with Crippen LogP contribution in [0.1, 0.15) is 0 Å². The zero-order chi connectivity index (χ0) is 12.3. The minimum Gasteiger partial charge on any atom is -0.389 e. The average molecular weight is 262 g/mol. The Morgan fingerprint density at radius 1 is 1.19 bits per heavy atom. The van der Waals surface area contributed by atoms with E-state index in [1.807, 2.05) is 37.7 Å². The van der Waals surface area contributed by atoms with Gasteiger partial charge in [-0.05, 0) is 12.1 Å². The van der Waals surface area contributed by atoms with E-state index in [0.717, 1.165) is 0 Å². The molecule has 0 saturated carbocycles. The highest BCUT2D eigenvalue weighted by Gasteiger charge is 2.18. The monoisotopic (exact) mass is 261 g/mol. The van der Waals surface area contributed by atoms with Crippen molar-refractivity contribution in [2.24, 2.45) is 0 Å². The summed E-state index contributed by atoms with van der Waals surface area (Å²) in [6, 6.07) is 5.93. The molecule has 0 bridgehead atoms. The minimum absolute atomic E-state index is 0.475. The van der Waals surface area contributed by atoms with Crippen LogP contribution in [0.25, 0.3) is 0 Å². The molecule has 0 fully saturated rings. The lowest BCUT2D eigenvalue weighted by Gasteiger charge is -2.13. The summed E-state index contributed by atoms with van der Waals surface area (Å²) in [4.78, 5) is 1.85.